The minimum absolute atomic E-state index is 0.180. The Morgan fingerprint density at radius 2 is 2.00 bits per heavy atom. The molecule has 0 spiro atoms. The van der Waals surface area contributed by atoms with E-state index in [0.717, 1.165) is 18.5 Å². The number of hydrogen-bond donors (Lipinski definition) is 1. The van der Waals surface area contributed by atoms with Crippen molar-refractivity contribution in [1.29, 1.82) is 0 Å². The van der Waals surface area contributed by atoms with Crippen LogP contribution in [0.25, 0.3) is 0 Å². The molecule has 0 aliphatic rings. The van der Waals surface area contributed by atoms with Crippen LogP contribution in [0.1, 0.15) is 26.3 Å². The average Bonchev–Trinajstić information content (AvgIpc) is 2.29. The van der Waals surface area contributed by atoms with Gasteiger partial charge in [-0.1, -0.05) is 26.8 Å². The molecule has 0 bridgehead atoms. The first-order chi connectivity index (χ1) is 8.02. The molecule has 0 aromatic heterocycles. The summed E-state index contributed by atoms with van der Waals surface area (Å²) in [4.78, 5) is 0. The van der Waals surface area contributed by atoms with Crippen molar-refractivity contribution in [3.8, 4) is 5.75 Å². The fraction of sp³-hybridized carbons (Fsp3) is 0.571. The van der Waals surface area contributed by atoms with Crippen molar-refractivity contribution in [2.45, 2.75) is 33.2 Å². The van der Waals surface area contributed by atoms with Crippen LogP contribution >= 0.6 is 0 Å². The van der Waals surface area contributed by atoms with Gasteiger partial charge in [0.05, 0.1) is 7.11 Å². The van der Waals surface area contributed by atoms with Gasteiger partial charge in [-0.15, -0.1) is 0 Å². The van der Waals surface area contributed by atoms with Crippen molar-refractivity contribution < 1.29 is 9.13 Å². The van der Waals surface area contributed by atoms with Crippen molar-refractivity contribution in [2.24, 2.45) is 5.92 Å². The van der Waals surface area contributed by atoms with Crippen LogP contribution in [0, 0.1) is 11.7 Å². The SMILES string of the molecule is COc1ccc(CC(C)CNC(C)C)c(F)c1. The number of hydrogen-bond acceptors (Lipinski definition) is 2. The largest absolute Gasteiger partial charge is 0.497 e. The highest BCUT2D eigenvalue weighted by molar-refractivity contribution is 5.29. The normalized spacial score (nSPS) is 12.8. The highest BCUT2D eigenvalue weighted by atomic mass is 19.1. The van der Waals surface area contributed by atoms with Crippen LogP contribution in [0.3, 0.4) is 0 Å². The first-order valence-electron chi connectivity index (χ1n) is 6.08. The van der Waals surface area contributed by atoms with Crippen molar-refractivity contribution in [1.82, 2.24) is 5.32 Å². The zero-order valence-corrected chi connectivity index (χ0v) is 11.1. The second-order valence-corrected chi connectivity index (χ2v) is 4.83. The van der Waals surface area contributed by atoms with E-state index in [1.165, 1.54) is 6.07 Å². The Bertz CT molecular complexity index is 352. The lowest BCUT2D eigenvalue weighted by atomic mass is 10.0. The van der Waals surface area contributed by atoms with Crippen LogP contribution < -0.4 is 10.1 Å². The number of ether oxygens (including phenoxy) is 1. The lowest BCUT2D eigenvalue weighted by Crippen LogP contribution is -2.28. The monoisotopic (exact) mass is 239 g/mol. The molecule has 1 aromatic carbocycles. The van der Waals surface area contributed by atoms with Gasteiger partial charge in [-0.3, -0.25) is 0 Å². The molecule has 0 radical (unpaired) electrons. The standard InChI is InChI=1S/C14H22FNO/c1-10(2)16-9-11(3)7-12-5-6-13(17-4)8-14(12)15/h5-6,8,10-11,16H,7,9H2,1-4H3. The van der Waals surface area contributed by atoms with E-state index in [1.54, 1.807) is 19.2 Å². The highest BCUT2D eigenvalue weighted by Crippen LogP contribution is 2.18. The van der Waals surface area contributed by atoms with Crippen LogP contribution in [-0.2, 0) is 6.42 Å². The molecule has 1 unspecified atom stereocenters. The topological polar surface area (TPSA) is 21.3 Å². The third-order valence-corrected chi connectivity index (χ3v) is 2.70. The average molecular weight is 239 g/mol. The molecule has 3 heteroatoms. The third kappa shape index (κ3) is 4.73. The summed E-state index contributed by atoms with van der Waals surface area (Å²) in [5.74, 6) is 0.806. The van der Waals surface area contributed by atoms with E-state index in [-0.39, 0.29) is 5.82 Å². The zero-order chi connectivity index (χ0) is 12.8. The maximum Gasteiger partial charge on any atom is 0.130 e. The Balaban J connectivity index is 2.56. The van der Waals surface area contributed by atoms with Gasteiger partial charge in [0, 0.05) is 12.1 Å². The molecule has 0 fully saturated rings. The third-order valence-electron chi connectivity index (χ3n) is 2.70. The van der Waals surface area contributed by atoms with Crippen molar-refractivity contribution in [2.75, 3.05) is 13.7 Å². The van der Waals surface area contributed by atoms with Crippen LogP contribution in [0.4, 0.5) is 4.39 Å². The van der Waals surface area contributed by atoms with E-state index in [4.69, 9.17) is 4.74 Å². The summed E-state index contributed by atoms with van der Waals surface area (Å²) in [5, 5.41) is 3.36. The minimum Gasteiger partial charge on any atom is -0.497 e. The molecule has 0 amide bonds. The Morgan fingerprint density at radius 3 is 2.53 bits per heavy atom. The molecule has 1 N–H and O–H groups in total. The van der Waals surface area contributed by atoms with Gasteiger partial charge in [-0.2, -0.15) is 0 Å². The van der Waals surface area contributed by atoms with E-state index in [9.17, 15) is 4.39 Å². The Labute approximate surface area is 103 Å². The lowest BCUT2D eigenvalue weighted by Gasteiger charge is -2.15. The zero-order valence-electron chi connectivity index (χ0n) is 11.1. The summed E-state index contributed by atoms with van der Waals surface area (Å²) in [6.45, 7) is 7.25. The Hall–Kier alpha value is -1.09. The van der Waals surface area contributed by atoms with Gasteiger partial charge >= 0.3 is 0 Å². The molecule has 1 aromatic rings. The number of halogens is 1. The van der Waals surface area contributed by atoms with Crippen molar-refractivity contribution >= 4 is 0 Å². The summed E-state index contributed by atoms with van der Waals surface area (Å²) in [6.07, 6.45) is 0.746. The second kappa shape index (κ2) is 6.60. The molecule has 96 valence electrons. The van der Waals surface area contributed by atoms with Gasteiger partial charge in [0.15, 0.2) is 0 Å². The van der Waals surface area contributed by atoms with Crippen LogP contribution in [0.2, 0.25) is 0 Å². The van der Waals surface area contributed by atoms with Crippen LogP contribution in [0.5, 0.6) is 5.75 Å². The van der Waals surface area contributed by atoms with E-state index < -0.39 is 0 Å². The molecule has 0 saturated heterocycles. The molecule has 1 atom stereocenters. The van der Waals surface area contributed by atoms with Crippen LogP contribution in [-0.4, -0.2) is 19.7 Å². The molecule has 2 nitrogen and oxygen atoms in total. The number of nitrogens with one attached hydrogen (secondary N) is 1. The summed E-state index contributed by atoms with van der Waals surface area (Å²) >= 11 is 0. The number of rotatable bonds is 6. The summed E-state index contributed by atoms with van der Waals surface area (Å²) < 4.78 is 18.7. The first kappa shape index (κ1) is 14.0. The first-order valence-corrected chi connectivity index (χ1v) is 6.08. The molecule has 0 aliphatic carbocycles. The smallest absolute Gasteiger partial charge is 0.130 e. The van der Waals surface area contributed by atoms with E-state index >= 15 is 0 Å². The molecule has 0 heterocycles. The second-order valence-electron chi connectivity index (χ2n) is 4.83. The van der Waals surface area contributed by atoms with Crippen LogP contribution in [0.15, 0.2) is 18.2 Å². The van der Waals surface area contributed by atoms with Gasteiger partial charge in [0.2, 0.25) is 0 Å². The van der Waals surface area contributed by atoms with E-state index in [0.29, 0.717) is 17.7 Å². The summed E-state index contributed by atoms with van der Waals surface area (Å²) in [5.41, 5.74) is 0.754. The molecule has 0 saturated carbocycles. The number of benzene rings is 1. The van der Waals surface area contributed by atoms with E-state index in [1.807, 2.05) is 0 Å². The molecule has 17 heavy (non-hydrogen) atoms. The maximum atomic E-state index is 13.7. The highest BCUT2D eigenvalue weighted by Gasteiger charge is 2.09. The van der Waals surface area contributed by atoms with Gasteiger partial charge in [0.1, 0.15) is 11.6 Å². The molecule has 0 aliphatic heterocycles. The molecule has 1 rings (SSSR count). The van der Waals surface area contributed by atoms with E-state index in [2.05, 4.69) is 26.1 Å². The minimum atomic E-state index is -0.180. The lowest BCUT2D eigenvalue weighted by molar-refractivity contribution is 0.409. The maximum absolute atomic E-state index is 13.7. The van der Waals surface area contributed by atoms with Gasteiger partial charge in [0.25, 0.3) is 0 Å². The quantitative estimate of drug-likeness (QED) is 0.824. The fourth-order valence-corrected chi connectivity index (χ4v) is 1.71. The molecular weight excluding hydrogens is 217 g/mol. The van der Waals surface area contributed by atoms with Gasteiger partial charge < -0.3 is 10.1 Å². The van der Waals surface area contributed by atoms with Crippen molar-refractivity contribution in [3.63, 3.8) is 0 Å². The summed E-state index contributed by atoms with van der Waals surface area (Å²) in [7, 11) is 1.55. The Kier molecular flexibility index (Phi) is 5.42. The van der Waals surface area contributed by atoms with Crippen molar-refractivity contribution in [3.05, 3.63) is 29.6 Å². The predicted octanol–water partition coefficient (Wildman–Crippen LogP) is 3.01. The summed E-state index contributed by atoms with van der Waals surface area (Å²) in [6, 6.07) is 5.53. The fourth-order valence-electron chi connectivity index (χ4n) is 1.71. The van der Waals surface area contributed by atoms with Gasteiger partial charge in [-0.25, -0.2) is 4.39 Å². The molecular formula is C14H22FNO. The number of methoxy groups -OCH3 is 1. The van der Waals surface area contributed by atoms with Gasteiger partial charge in [-0.05, 0) is 30.5 Å². The Morgan fingerprint density at radius 1 is 1.29 bits per heavy atom. The predicted molar refractivity (Wildman–Crippen MR) is 69.0 cm³/mol.